The van der Waals surface area contributed by atoms with Crippen LogP contribution in [-0.2, 0) is 11.8 Å². The van der Waals surface area contributed by atoms with E-state index in [1.807, 2.05) is 0 Å². The van der Waals surface area contributed by atoms with Gasteiger partial charge in [0.05, 0.1) is 0 Å². The molecule has 0 bridgehead atoms. The van der Waals surface area contributed by atoms with E-state index < -0.39 is 0 Å². The molecular formula is C17H27N. The highest BCUT2D eigenvalue weighted by molar-refractivity contribution is 5.29. The second kappa shape index (κ2) is 5.88. The number of rotatable bonds is 7. The zero-order valence-electron chi connectivity index (χ0n) is 12.1. The number of hydrogen-bond donors (Lipinski definition) is 1. The van der Waals surface area contributed by atoms with E-state index in [0.717, 1.165) is 12.6 Å². The van der Waals surface area contributed by atoms with Crippen LogP contribution in [0.5, 0.6) is 0 Å². The molecule has 1 N–H and O–H groups in total. The van der Waals surface area contributed by atoms with Gasteiger partial charge in [-0.1, -0.05) is 51.5 Å². The van der Waals surface area contributed by atoms with E-state index in [1.54, 1.807) is 0 Å². The second-order valence-electron chi connectivity index (χ2n) is 6.31. The van der Waals surface area contributed by atoms with Gasteiger partial charge in [0.1, 0.15) is 0 Å². The molecule has 0 saturated heterocycles. The van der Waals surface area contributed by atoms with Crippen LogP contribution in [0.25, 0.3) is 0 Å². The number of aryl methyl sites for hydroxylation is 1. The summed E-state index contributed by atoms with van der Waals surface area (Å²) in [5.74, 6) is 0. The standard InChI is InChI=1S/C17H27N/c1-4-6-14-7-5-8-15(13-14)17(2,3)11-12-18-16-9-10-16/h5,7-8,13,16,18H,4,6,9-12H2,1-3H3. The van der Waals surface area contributed by atoms with Crippen molar-refractivity contribution in [3.05, 3.63) is 35.4 Å². The zero-order chi connectivity index (χ0) is 13.0. The molecule has 1 aliphatic rings. The lowest BCUT2D eigenvalue weighted by Crippen LogP contribution is -2.26. The van der Waals surface area contributed by atoms with Gasteiger partial charge in [-0.15, -0.1) is 0 Å². The molecule has 1 aliphatic carbocycles. The smallest absolute Gasteiger partial charge is 0.00682 e. The first kappa shape index (κ1) is 13.6. The predicted molar refractivity (Wildman–Crippen MR) is 79.1 cm³/mol. The Labute approximate surface area is 112 Å². The van der Waals surface area contributed by atoms with Gasteiger partial charge in [0.2, 0.25) is 0 Å². The quantitative estimate of drug-likeness (QED) is 0.764. The molecule has 0 radical (unpaired) electrons. The molecule has 0 aliphatic heterocycles. The molecule has 1 aromatic rings. The fraction of sp³-hybridized carbons (Fsp3) is 0.647. The summed E-state index contributed by atoms with van der Waals surface area (Å²) < 4.78 is 0. The molecule has 0 atom stereocenters. The van der Waals surface area contributed by atoms with Gasteiger partial charge in [-0.25, -0.2) is 0 Å². The van der Waals surface area contributed by atoms with Gasteiger partial charge < -0.3 is 5.32 Å². The van der Waals surface area contributed by atoms with Gasteiger partial charge >= 0.3 is 0 Å². The predicted octanol–water partition coefficient (Wildman–Crippen LogP) is 4.06. The Morgan fingerprint density at radius 2 is 2.06 bits per heavy atom. The van der Waals surface area contributed by atoms with Gasteiger partial charge in [-0.2, -0.15) is 0 Å². The first-order chi connectivity index (χ1) is 8.62. The van der Waals surface area contributed by atoms with Crippen molar-refractivity contribution in [1.82, 2.24) is 5.32 Å². The summed E-state index contributed by atoms with van der Waals surface area (Å²) in [6.45, 7) is 8.13. The Hall–Kier alpha value is -0.820. The Morgan fingerprint density at radius 1 is 1.28 bits per heavy atom. The summed E-state index contributed by atoms with van der Waals surface area (Å²) in [6.07, 6.45) is 6.41. The van der Waals surface area contributed by atoms with Crippen molar-refractivity contribution < 1.29 is 0 Å². The van der Waals surface area contributed by atoms with Crippen LogP contribution in [0.15, 0.2) is 24.3 Å². The van der Waals surface area contributed by atoms with Crippen LogP contribution in [0.4, 0.5) is 0 Å². The molecule has 0 heterocycles. The fourth-order valence-electron chi connectivity index (χ4n) is 2.46. The van der Waals surface area contributed by atoms with Crippen LogP contribution in [0.2, 0.25) is 0 Å². The van der Waals surface area contributed by atoms with Crippen LogP contribution in [0.1, 0.15) is 57.6 Å². The molecule has 100 valence electrons. The molecule has 1 nitrogen and oxygen atoms in total. The molecule has 2 rings (SSSR count). The summed E-state index contributed by atoms with van der Waals surface area (Å²) in [6, 6.07) is 9.99. The third-order valence-corrected chi connectivity index (χ3v) is 4.01. The number of nitrogens with one attached hydrogen (secondary N) is 1. The second-order valence-corrected chi connectivity index (χ2v) is 6.31. The average molecular weight is 245 g/mol. The lowest BCUT2D eigenvalue weighted by molar-refractivity contribution is 0.455. The minimum absolute atomic E-state index is 0.283. The van der Waals surface area contributed by atoms with Crippen LogP contribution < -0.4 is 5.32 Å². The van der Waals surface area contributed by atoms with Crippen LogP contribution in [0.3, 0.4) is 0 Å². The maximum atomic E-state index is 3.62. The highest BCUT2D eigenvalue weighted by atomic mass is 14.9. The van der Waals surface area contributed by atoms with E-state index in [1.165, 1.54) is 43.2 Å². The van der Waals surface area contributed by atoms with Gasteiger partial charge in [-0.05, 0) is 48.8 Å². The van der Waals surface area contributed by atoms with Crippen LogP contribution >= 0.6 is 0 Å². The summed E-state index contributed by atoms with van der Waals surface area (Å²) in [4.78, 5) is 0. The Balaban J connectivity index is 1.95. The summed E-state index contributed by atoms with van der Waals surface area (Å²) >= 11 is 0. The van der Waals surface area contributed by atoms with Crippen LogP contribution in [-0.4, -0.2) is 12.6 Å². The molecule has 0 unspecified atom stereocenters. The summed E-state index contributed by atoms with van der Waals surface area (Å²) in [5.41, 5.74) is 3.26. The average Bonchev–Trinajstić information content (AvgIpc) is 3.14. The normalized spacial score (nSPS) is 15.9. The molecule has 0 aromatic heterocycles. The van der Waals surface area contributed by atoms with Gasteiger partial charge in [0, 0.05) is 6.04 Å². The number of benzene rings is 1. The molecular weight excluding hydrogens is 218 g/mol. The fourth-order valence-corrected chi connectivity index (χ4v) is 2.46. The van der Waals surface area contributed by atoms with Crippen molar-refractivity contribution in [3.8, 4) is 0 Å². The van der Waals surface area contributed by atoms with Gasteiger partial charge in [0.15, 0.2) is 0 Å². The minimum atomic E-state index is 0.283. The highest BCUT2D eigenvalue weighted by Crippen LogP contribution is 2.28. The molecule has 18 heavy (non-hydrogen) atoms. The van der Waals surface area contributed by atoms with E-state index in [2.05, 4.69) is 50.4 Å². The van der Waals surface area contributed by atoms with Crippen molar-refractivity contribution in [2.24, 2.45) is 0 Å². The molecule has 0 amide bonds. The highest BCUT2D eigenvalue weighted by Gasteiger charge is 2.24. The lowest BCUT2D eigenvalue weighted by atomic mass is 9.80. The topological polar surface area (TPSA) is 12.0 Å². The molecule has 1 aromatic carbocycles. The van der Waals surface area contributed by atoms with E-state index in [0.29, 0.717) is 0 Å². The maximum absolute atomic E-state index is 3.62. The molecule has 0 spiro atoms. The first-order valence-electron chi connectivity index (χ1n) is 7.44. The lowest BCUT2D eigenvalue weighted by Gasteiger charge is -2.26. The first-order valence-corrected chi connectivity index (χ1v) is 7.44. The summed E-state index contributed by atoms with van der Waals surface area (Å²) in [7, 11) is 0. The summed E-state index contributed by atoms with van der Waals surface area (Å²) in [5, 5.41) is 3.62. The molecule has 1 fully saturated rings. The SMILES string of the molecule is CCCc1cccc(C(C)(C)CCNC2CC2)c1. The minimum Gasteiger partial charge on any atom is -0.314 e. The van der Waals surface area contributed by atoms with E-state index >= 15 is 0 Å². The third kappa shape index (κ3) is 3.84. The van der Waals surface area contributed by atoms with E-state index in [-0.39, 0.29) is 5.41 Å². The van der Waals surface area contributed by atoms with Crippen molar-refractivity contribution in [3.63, 3.8) is 0 Å². The Bertz CT molecular complexity index is 377. The van der Waals surface area contributed by atoms with Crippen molar-refractivity contribution >= 4 is 0 Å². The zero-order valence-corrected chi connectivity index (χ0v) is 12.1. The number of hydrogen-bond acceptors (Lipinski definition) is 1. The Morgan fingerprint density at radius 3 is 2.72 bits per heavy atom. The van der Waals surface area contributed by atoms with Crippen LogP contribution in [0, 0.1) is 0 Å². The van der Waals surface area contributed by atoms with Gasteiger partial charge in [0.25, 0.3) is 0 Å². The third-order valence-electron chi connectivity index (χ3n) is 4.01. The van der Waals surface area contributed by atoms with E-state index in [9.17, 15) is 0 Å². The molecule has 1 heteroatoms. The van der Waals surface area contributed by atoms with E-state index in [4.69, 9.17) is 0 Å². The monoisotopic (exact) mass is 245 g/mol. The van der Waals surface area contributed by atoms with Gasteiger partial charge in [-0.3, -0.25) is 0 Å². The van der Waals surface area contributed by atoms with Crippen molar-refractivity contribution in [1.29, 1.82) is 0 Å². The molecule has 1 saturated carbocycles. The Kier molecular flexibility index (Phi) is 4.45. The van der Waals surface area contributed by atoms with Crippen molar-refractivity contribution in [2.75, 3.05) is 6.54 Å². The van der Waals surface area contributed by atoms with Crippen molar-refractivity contribution in [2.45, 2.75) is 64.3 Å². The largest absolute Gasteiger partial charge is 0.314 e. The maximum Gasteiger partial charge on any atom is 0.00682 e.